The fourth-order valence-corrected chi connectivity index (χ4v) is 4.10. The summed E-state index contributed by atoms with van der Waals surface area (Å²) in [4.78, 5) is 19.1. The Hall–Kier alpha value is -2.34. The predicted octanol–water partition coefficient (Wildman–Crippen LogP) is 3.07. The molecular weight excluding hydrogens is 332 g/mol. The molecule has 0 N–H and O–H groups in total. The zero-order valence-electron chi connectivity index (χ0n) is 15.0. The number of nitrogens with zero attached hydrogens (tertiary/aromatic N) is 2. The summed E-state index contributed by atoms with van der Waals surface area (Å²) in [5.41, 5.74) is 0.447. The van der Waals surface area contributed by atoms with Gasteiger partial charge in [0.1, 0.15) is 5.76 Å². The standard InChI is InChI=1S/C20H24N2O4/c1-15-16(7-12-24-15)19(23)22-10-6-17-20(13-22,8-4-11-25-17)14-26-18-5-2-3-9-21-18/h2-3,5,7,9,12,17H,4,6,8,10-11,13-14H2,1H3/t17-,20+/m1/s1. The van der Waals surface area contributed by atoms with Crippen LogP contribution in [0.15, 0.2) is 41.1 Å². The highest BCUT2D eigenvalue weighted by molar-refractivity contribution is 5.95. The first-order chi connectivity index (χ1) is 12.7. The molecule has 0 spiro atoms. The van der Waals surface area contributed by atoms with Crippen LogP contribution >= 0.6 is 0 Å². The van der Waals surface area contributed by atoms with E-state index in [4.69, 9.17) is 13.9 Å². The number of aromatic nitrogens is 1. The molecule has 0 radical (unpaired) electrons. The van der Waals surface area contributed by atoms with Gasteiger partial charge in [-0.25, -0.2) is 4.98 Å². The van der Waals surface area contributed by atoms with Gasteiger partial charge in [0.05, 0.1) is 24.5 Å². The average molecular weight is 356 g/mol. The van der Waals surface area contributed by atoms with Crippen LogP contribution < -0.4 is 4.74 Å². The number of aryl methyl sites for hydroxylation is 1. The summed E-state index contributed by atoms with van der Waals surface area (Å²) in [6.45, 7) is 4.44. The van der Waals surface area contributed by atoms with Crippen LogP contribution in [-0.4, -0.2) is 48.2 Å². The van der Waals surface area contributed by atoms with E-state index in [1.165, 1.54) is 0 Å². The minimum absolute atomic E-state index is 0.0254. The number of furan rings is 1. The number of hydrogen-bond donors (Lipinski definition) is 0. The lowest BCUT2D eigenvalue weighted by Crippen LogP contribution is -2.58. The second-order valence-electron chi connectivity index (χ2n) is 7.19. The first-order valence-corrected chi connectivity index (χ1v) is 9.17. The van der Waals surface area contributed by atoms with Gasteiger partial charge in [0.2, 0.25) is 5.88 Å². The fraction of sp³-hybridized carbons (Fsp3) is 0.500. The highest BCUT2D eigenvalue weighted by Crippen LogP contribution is 2.41. The SMILES string of the molecule is Cc1occc1C(=O)N1CC[C@H]2OCCC[C@@]2(COc2ccccn2)C1. The summed E-state index contributed by atoms with van der Waals surface area (Å²) in [5.74, 6) is 1.30. The quantitative estimate of drug-likeness (QED) is 0.842. The molecule has 6 heteroatoms. The minimum atomic E-state index is -0.193. The van der Waals surface area contributed by atoms with Crippen molar-refractivity contribution in [2.24, 2.45) is 5.41 Å². The van der Waals surface area contributed by atoms with Gasteiger partial charge < -0.3 is 18.8 Å². The van der Waals surface area contributed by atoms with Gasteiger partial charge in [-0.05, 0) is 38.3 Å². The van der Waals surface area contributed by atoms with Crippen LogP contribution in [0.5, 0.6) is 5.88 Å². The van der Waals surface area contributed by atoms with Gasteiger partial charge in [-0.3, -0.25) is 4.79 Å². The Labute approximate surface area is 153 Å². The van der Waals surface area contributed by atoms with E-state index in [2.05, 4.69) is 4.98 Å². The van der Waals surface area contributed by atoms with Gasteiger partial charge in [0.15, 0.2) is 0 Å². The number of hydrogen-bond acceptors (Lipinski definition) is 5. The second kappa shape index (κ2) is 7.11. The van der Waals surface area contributed by atoms with Crippen molar-refractivity contribution in [3.8, 4) is 5.88 Å². The molecule has 2 saturated heterocycles. The first-order valence-electron chi connectivity index (χ1n) is 9.17. The molecule has 4 rings (SSSR count). The van der Waals surface area contributed by atoms with Crippen molar-refractivity contribution in [3.05, 3.63) is 48.0 Å². The number of carbonyl (C=O) groups is 1. The Bertz CT molecular complexity index is 760. The fourth-order valence-electron chi connectivity index (χ4n) is 4.10. The number of rotatable bonds is 4. The summed E-state index contributed by atoms with van der Waals surface area (Å²) in [6, 6.07) is 7.38. The summed E-state index contributed by atoms with van der Waals surface area (Å²) in [6.07, 6.45) is 6.20. The van der Waals surface area contributed by atoms with Crippen LogP contribution in [0, 0.1) is 12.3 Å². The maximum absolute atomic E-state index is 12.9. The Balaban J connectivity index is 1.53. The molecule has 26 heavy (non-hydrogen) atoms. The monoisotopic (exact) mass is 356 g/mol. The molecule has 2 fully saturated rings. The van der Waals surface area contributed by atoms with Gasteiger partial charge in [-0.2, -0.15) is 0 Å². The Kier molecular flexibility index (Phi) is 4.68. The van der Waals surface area contributed by atoms with Crippen LogP contribution in [0.3, 0.4) is 0 Å². The van der Waals surface area contributed by atoms with Crippen LogP contribution in [0.4, 0.5) is 0 Å². The largest absolute Gasteiger partial charge is 0.477 e. The van der Waals surface area contributed by atoms with E-state index in [-0.39, 0.29) is 17.4 Å². The van der Waals surface area contributed by atoms with Crippen LogP contribution in [0.2, 0.25) is 0 Å². The van der Waals surface area contributed by atoms with Crippen molar-refractivity contribution >= 4 is 5.91 Å². The second-order valence-corrected chi connectivity index (χ2v) is 7.19. The minimum Gasteiger partial charge on any atom is -0.477 e. The molecule has 0 bridgehead atoms. The number of likely N-dealkylation sites (tertiary alicyclic amines) is 1. The van der Waals surface area contributed by atoms with E-state index in [1.54, 1.807) is 18.5 Å². The topological polar surface area (TPSA) is 64.8 Å². The Morgan fingerprint density at radius 3 is 3.12 bits per heavy atom. The van der Waals surface area contributed by atoms with Crippen LogP contribution in [0.25, 0.3) is 0 Å². The number of ether oxygens (including phenoxy) is 2. The maximum Gasteiger partial charge on any atom is 0.257 e. The molecule has 4 heterocycles. The molecule has 0 unspecified atom stereocenters. The zero-order chi connectivity index (χ0) is 18.0. The van der Waals surface area contributed by atoms with E-state index >= 15 is 0 Å². The third kappa shape index (κ3) is 3.21. The van der Waals surface area contributed by atoms with E-state index < -0.39 is 0 Å². The molecule has 2 aliphatic rings. The van der Waals surface area contributed by atoms with Crippen molar-refractivity contribution in [2.75, 3.05) is 26.3 Å². The highest BCUT2D eigenvalue weighted by atomic mass is 16.5. The number of fused-ring (bicyclic) bond motifs is 1. The molecule has 0 aliphatic carbocycles. The molecule has 6 nitrogen and oxygen atoms in total. The van der Waals surface area contributed by atoms with Gasteiger partial charge in [-0.1, -0.05) is 6.07 Å². The van der Waals surface area contributed by atoms with Crippen molar-refractivity contribution in [1.29, 1.82) is 0 Å². The van der Waals surface area contributed by atoms with Crippen LogP contribution in [-0.2, 0) is 4.74 Å². The van der Waals surface area contributed by atoms with E-state index in [0.29, 0.717) is 36.9 Å². The third-order valence-electron chi connectivity index (χ3n) is 5.51. The Morgan fingerprint density at radius 2 is 2.35 bits per heavy atom. The summed E-state index contributed by atoms with van der Waals surface area (Å²) in [5, 5.41) is 0. The van der Waals surface area contributed by atoms with Gasteiger partial charge in [0.25, 0.3) is 5.91 Å². The molecule has 138 valence electrons. The zero-order valence-corrected chi connectivity index (χ0v) is 15.0. The van der Waals surface area contributed by atoms with E-state index in [1.807, 2.05) is 30.0 Å². The van der Waals surface area contributed by atoms with Gasteiger partial charge in [-0.15, -0.1) is 0 Å². The smallest absolute Gasteiger partial charge is 0.257 e. The molecule has 2 atom stereocenters. The third-order valence-corrected chi connectivity index (χ3v) is 5.51. The van der Waals surface area contributed by atoms with Crippen molar-refractivity contribution < 1.29 is 18.7 Å². The number of amides is 1. The Morgan fingerprint density at radius 1 is 1.42 bits per heavy atom. The number of pyridine rings is 1. The van der Waals surface area contributed by atoms with Crippen molar-refractivity contribution in [1.82, 2.24) is 9.88 Å². The highest BCUT2D eigenvalue weighted by Gasteiger charge is 2.48. The number of piperidine rings is 1. The lowest BCUT2D eigenvalue weighted by atomic mass is 9.73. The predicted molar refractivity (Wildman–Crippen MR) is 95.1 cm³/mol. The molecule has 2 aromatic heterocycles. The summed E-state index contributed by atoms with van der Waals surface area (Å²) >= 11 is 0. The van der Waals surface area contributed by atoms with E-state index in [0.717, 1.165) is 25.9 Å². The molecule has 1 amide bonds. The van der Waals surface area contributed by atoms with E-state index in [9.17, 15) is 4.79 Å². The lowest BCUT2D eigenvalue weighted by molar-refractivity contribution is -0.133. The normalized spacial score (nSPS) is 25.6. The van der Waals surface area contributed by atoms with Gasteiger partial charge >= 0.3 is 0 Å². The van der Waals surface area contributed by atoms with Crippen molar-refractivity contribution in [3.63, 3.8) is 0 Å². The maximum atomic E-state index is 12.9. The average Bonchev–Trinajstić information content (AvgIpc) is 3.12. The van der Waals surface area contributed by atoms with Gasteiger partial charge in [0, 0.05) is 37.4 Å². The summed E-state index contributed by atoms with van der Waals surface area (Å²) in [7, 11) is 0. The first kappa shape index (κ1) is 17.1. The lowest BCUT2D eigenvalue weighted by Gasteiger charge is -2.50. The van der Waals surface area contributed by atoms with Crippen molar-refractivity contribution in [2.45, 2.75) is 32.3 Å². The molecule has 2 aliphatic heterocycles. The molecule has 0 aromatic carbocycles. The number of carbonyl (C=O) groups excluding carboxylic acids is 1. The molecule has 2 aromatic rings. The summed E-state index contributed by atoms with van der Waals surface area (Å²) < 4.78 is 17.4. The van der Waals surface area contributed by atoms with Crippen LogP contribution in [0.1, 0.15) is 35.4 Å². The molecular formula is C20H24N2O4. The molecule has 0 saturated carbocycles.